The Morgan fingerprint density at radius 2 is 1.82 bits per heavy atom. The highest BCUT2D eigenvalue weighted by Gasteiger charge is 2.42. The predicted octanol–water partition coefficient (Wildman–Crippen LogP) is 1.36. The minimum Gasteiger partial charge on any atom is -0.492 e. The van der Waals surface area contributed by atoms with Crippen molar-refractivity contribution in [3.05, 3.63) is 12.1 Å². The maximum Gasteiger partial charge on any atom is 0.341 e. The Hall–Kier alpha value is -1.45. The van der Waals surface area contributed by atoms with Crippen molar-refractivity contribution >= 4 is 34.5 Å². The van der Waals surface area contributed by atoms with Gasteiger partial charge in [-0.25, -0.2) is 4.79 Å². The van der Waals surface area contributed by atoms with Gasteiger partial charge in [-0.15, -0.1) is 4.73 Å². The lowest BCUT2D eigenvalue weighted by atomic mass is 9.74. The van der Waals surface area contributed by atoms with Crippen LogP contribution in [0.4, 0.5) is 0 Å². The van der Waals surface area contributed by atoms with Crippen molar-refractivity contribution in [1.29, 1.82) is 0 Å². The van der Waals surface area contributed by atoms with Gasteiger partial charge in [-0.05, 0) is 12.8 Å². The first kappa shape index (κ1) is 16.9. The largest absolute Gasteiger partial charge is 0.492 e. The number of nitrogens with one attached hydrogen (secondary N) is 1. The number of aromatic nitrogens is 1. The van der Waals surface area contributed by atoms with Gasteiger partial charge in [-0.2, -0.15) is 0 Å². The number of rotatable bonds is 5. The number of carbonyl (C=O) groups excluding carboxylic acids is 2. The van der Waals surface area contributed by atoms with E-state index in [4.69, 9.17) is 4.84 Å². The molecule has 0 radical (unpaired) electrons. The lowest BCUT2D eigenvalue weighted by Crippen LogP contribution is -2.48. The second kappa shape index (κ2) is 7.21. The zero-order chi connectivity index (χ0) is 16.2. The summed E-state index contributed by atoms with van der Waals surface area (Å²) in [5.74, 6) is -1.39. The van der Waals surface area contributed by atoms with Crippen LogP contribution in [0.25, 0.3) is 0 Å². The molecule has 3 N–H and O–H groups in total. The molecule has 1 fully saturated rings. The number of nitrogens with zero attached hydrogens (tertiary/aromatic N) is 1. The lowest BCUT2D eigenvalue weighted by Gasteiger charge is -2.34. The second-order valence-corrected chi connectivity index (χ2v) is 6.24. The fraction of sp³-hybridized carbons (Fsp3) is 0.571. The Kier molecular flexibility index (Phi) is 5.54. The topological polar surface area (TPSA) is 101 Å². The number of hydrogen-bond acceptors (Lipinski definition) is 5. The molecule has 0 aromatic carbocycles. The SMILES string of the molecule is O=C(CI)NCC1(C(=O)On2c(O)ccc2O)CCCCC1. The molecule has 122 valence electrons. The molecule has 7 nitrogen and oxygen atoms in total. The van der Waals surface area contributed by atoms with Crippen LogP contribution >= 0.6 is 22.6 Å². The monoisotopic (exact) mass is 422 g/mol. The maximum absolute atomic E-state index is 12.6. The quantitative estimate of drug-likeness (QED) is 0.492. The number of halogens is 1. The fourth-order valence-corrected chi connectivity index (χ4v) is 2.94. The molecule has 8 heteroatoms. The zero-order valence-corrected chi connectivity index (χ0v) is 14.2. The van der Waals surface area contributed by atoms with Gasteiger partial charge in [-0.3, -0.25) is 4.79 Å². The first-order valence-electron chi connectivity index (χ1n) is 7.14. The van der Waals surface area contributed by atoms with Crippen molar-refractivity contribution in [2.24, 2.45) is 5.41 Å². The maximum atomic E-state index is 12.6. The van der Waals surface area contributed by atoms with Crippen LogP contribution in [-0.2, 0) is 9.59 Å². The molecule has 1 saturated carbocycles. The van der Waals surface area contributed by atoms with Crippen LogP contribution in [0.15, 0.2) is 12.1 Å². The summed E-state index contributed by atoms with van der Waals surface area (Å²) < 4.78 is 1.01. The molecule has 1 amide bonds. The molecule has 1 aromatic heterocycles. The average Bonchev–Trinajstić information content (AvgIpc) is 2.85. The third kappa shape index (κ3) is 3.65. The first-order valence-corrected chi connectivity index (χ1v) is 8.66. The number of amides is 1. The van der Waals surface area contributed by atoms with E-state index in [1.54, 1.807) is 0 Å². The summed E-state index contributed by atoms with van der Waals surface area (Å²) in [4.78, 5) is 29.2. The highest BCUT2D eigenvalue weighted by Crippen LogP contribution is 2.37. The Morgan fingerprint density at radius 3 is 2.36 bits per heavy atom. The van der Waals surface area contributed by atoms with Crippen LogP contribution in [0.1, 0.15) is 32.1 Å². The Labute approximate surface area is 141 Å². The van der Waals surface area contributed by atoms with Crippen molar-refractivity contribution in [3.8, 4) is 11.8 Å². The molecule has 0 spiro atoms. The van der Waals surface area contributed by atoms with Crippen LogP contribution in [0.2, 0.25) is 0 Å². The van der Waals surface area contributed by atoms with Gasteiger partial charge in [0.2, 0.25) is 17.7 Å². The summed E-state index contributed by atoms with van der Waals surface area (Å²) in [6.07, 6.45) is 4.00. The van der Waals surface area contributed by atoms with E-state index < -0.39 is 11.4 Å². The molecule has 0 atom stereocenters. The molecule has 0 bridgehead atoms. The van der Waals surface area contributed by atoms with Crippen LogP contribution < -0.4 is 10.2 Å². The Balaban J connectivity index is 2.14. The molecule has 0 aliphatic heterocycles. The second-order valence-electron chi connectivity index (χ2n) is 5.47. The standard InChI is InChI=1S/C14H19IN2O5/c15-8-10(18)16-9-14(6-2-1-3-7-14)13(21)22-17-11(19)4-5-12(17)20/h4-5,19-20H,1-3,6-9H2,(H,16,18). The van der Waals surface area contributed by atoms with E-state index in [0.29, 0.717) is 22.0 Å². The van der Waals surface area contributed by atoms with Gasteiger partial charge in [0.1, 0.15) is 0 Å². The summed E-state index contributed by atoms with van der Waals surface area (Å²) in [7, 11) is 0. The van der Waals surface area contributed by atoms with Gasteiger partial charge in [0.05, 0.1) is 9.84 Å². The third-order valence-corrected chi connectivity index (χ3v) is 4.65. The minimum absolute atomic E-state index is 0.134. The summed E-state index contributed by atoms with van der Waals surface area (Å²) in [5, 5.41) is 21.9. The predicted molar refractivity (Wildman–Crippen MR) is 86.8 cm³/mol. The normalized spacial score (nSPS) is 17.0. The van der Waals surface area contributed by atoms with E-state index in [1.807, 2.05) is 22.6 Å². The molecule has 2 rings (SSSR count). The molecular weight excluding hydrogens is 403 g/mol. The summed E-state index contributed by atoms with van der Waals surface area (Å²) >= 11 is 1.96. The van der Waals surface area contributed by atoms with E-state index in [2.05, 4.69) is 5.32 Å². The van der Waals surface area contributed by atoms with Crippen LogP contribution in [-0.4, -0.2) is 37.8 Å². The first-order chi connectivity index (χ1) is 10.5. The Morgan fingerprint density at radius 1 is 1.23 bits per heavy atom. The fourth-order valence-electron chi connectivity index (χ4n) is 2.67. The van der Waals surface area contributed by atoms with Gasteiger partial charge in [0.15, 0.2) is 0 Å². The number of alkyl halides is 1. The zero-order valence-electron chi connectivity index (χ0n) is 12.0. The van der Waals surface area contributed by atoms with E-state index in [0.717, 1.165) is 19.3 Å². The highest BCUT2D eigenvalue weighted by atomic mass is 127. The molecular formula is C14H19IN2O5. The molecule has 0 unspecified atom stereocenters. The van der Waals surface area contributed by atoms with Gasteiger partial charge >= 0.3 is 5.97 Å². The minimum atomic E-state index is -0.817. The third-order valence-electron chi connectivity index (χ3n) is 3.96. The summed E-state index contributed by atoms with van der Waals surface area (Å²) in [6, 6.07) is 2.46. The van der Waals surface area contributed by atoms with Gasteiger partial charge in [-0.1, -0.05) is 41.9 Å². The van der Waals surface area contributed by atoms with Gasteiger partial charge in [0.25, 0.3) is 0 Å². The van der Waals surface area contributed by atoms with Crippen LogP contribution in [0.3, 0.4) is 0 Å². The summed E-state index contributed by atoms with van der Waals surface area (Å²) in [6.45, 7) is 0.205. The van der Waals surface area contributed by atoms with E-state index >= 15 is 0 Å². The molecule has 1 aliphatic carbocycles. The van der Waals surface area contributed by atoms with Crippen molar-refractivity contribution in [1.82, 2.24) is 10.0 Å². The van der Waals surface area contributed by atoms with Crippen molar-refractivity contribution < 1.29 is 24.6 Å². The van der Waals surface area contributed by atoms with E-state index in [9.17, 15) is 19.8 Å². The van der Waals surface area contributed by atoms with Crippen LogP contribution in [0, 0.1) is 5.41 Å². The average molecular weight is 422 g/mol. The van der Waals surface area contributed by atoms with E-state index in [1.165, 1.54) is 12.1 Å². The molecule has 1 heterocycles. The number of carbonyl (C=O) groups is 2. The lowest BCUT2D eigenvalue weighted by molar-refractivity contribution is -0.159. The molecule has 0 saturated heterocycles. The Bertz CT molecular complexity index is 532. The van der Waals surface area contributed by atoms with Gasteiger partial charge in [0, 0.05) is 18.7 Å². The van der Waals surface area contributed by atoms with Gasteiger partial charge < -0.3 is 20.4 Å². The van der Waals surface area contributed by atoms with Crippen molar-refractivity contribution in [2.45, 2.75) is 32.1 Å². The molecule has 1 aliphatic rings. The highest BCUT2D eigenvalue weighted by molar-refractivity contribution is 14.1. The smallest absolute Gasteiger partial charge is 0.341 e. The van der Waals surface area contributed by atoms with Crippen molar-refractivity contribution in [3.63, 3.8) is 0 Å². The van der Waals surface area contributed by atoms with Crippen molar-refractivity contribution in [2.75, 3.05) is 11.0 Å². The van der Waals surface area contributed by atoms with E-state index in [-0.39, 0.29) is 24.2 Å². The summed E-state index contributed by atoms with van der Waals surface area (Å²) in [5.41, 5.74) is -0.817. The molecule has 1 aromatic rings. The number of hydrogen-bond donors (Lipinski definition) is 3. The van der Waals surface area contributed by atoms with Crippen LogP contribution in [0.5, 0.6) is 11.8 Å². The molecule has 22 heavy (non-hydrogen) atoms. The number of aromatic hydroxyl groups is 2.